The number of nitrogens with one attached hydrogen (secondary N) is 1. The first kappa shape index (κ1) is 18.4. The fraction of sp³-hybridized carbons (Fsp3) is 0.167. The third-order valence-electron chi connectivity index (χ3n) is 4.38. The van der Waals surface area contributed by atoms with Crippen molar-refractivity contribution >= 4 is 52.3 Å². The van der Waals surface area contributed by atoms with Crippen molar-refractivity contribution < 1.29 is 14.4 Å². The minimum Gasteiger partial charge on any atom is -0.324 e. The Bertz CT molecular complexity index is 998. The molecule has 142 valence electrons. The highest BCUT2D eigenvalue weighted by Crippen LogP contribution is 2.31. The highest BCUT2D eigenvalue weighted by Gasteiger charge is 2.55. The molecular weight excluding hydrogens is 405 g/mol. The molecule has 2 aliphatic heterocycles. The number of carbonyl (C=O) groups excluding carboxylic acids is 3. The summed E-state index contributed by atoms with van der Waals surface area (Å²) in [5.74, 6) is -1.36. The van der Waals surface area contributed by atoms with Crippen LogP contribution in [0, 0.1) is 0 Å². The first-order valence-electron chi connectivity index (χ1n) is 8.31. The van der Waals surface area contributed by atoms with Gasteiger partial charge in [-0.05, 0) is 30.3 Å². The fourth-order valence-corrected chi connectivity index (χ4v) is 3.41. The van der Waals surface area contributed by atoms with Crippen LogP contribution in [0.25, 0.3) is 0 Å². The molecule has 3 amide bonds. The Labute approximate surface area is 169 Å². The molecule has 0 aliphatic carbocycles. The predicted octanol–water partition coefficient (Wildman–Crippen LogP) is 2.93. The largest absolute Gasteiger partial charge is 0.324 e. The number of anilines is 2. The predicted molar refractivity (Wildman–Crippen MR) is 103 cm³/mol. The van der Waals surface area contributed by atoms with Gasteiger partial charge in [0.2, 0.25) is 5.91 Å². The first-order valence-corrected chi connectivity index (χ1v) is 9.06. The number of hydrogen-bond acceptors (Lipinski definition) is 6. The lowest BCUT2D eigenvalue weighted by Crippen LogP contribution is -2.43. The molecule has 0 aromatic heterocycles. The van der Waals surface area contributed by atoms with Crippen molar-refractivity contribution in [2.45, 2.75) is 12.1 Å². The van der Waals surface area contributed by atoms with Gasteiger partial charge < -0.3 is 5.32 Å². The smallest absolute Gasteiger partial charge is 0.263 e. The van der Waals surface area contributed by atoms with Gasteiger partial charge in [-0.3, -0.25) is 19.4 Å². The lowest BCUT2D eigenvalue weighted by atomic mass is 10.1. The first-order chi connectivity index (χ1) is 13.5. The van der Waals surface area contributed by atoms with Crippen molar-refractivity contribution in [1.82, 2.24) is 5.01 Å². The van der Waals surface area contributed by atoms with Crippen LogP contribution in [0.15, 0.2) is 58.9 Å². The molecule has 1 saturated heterocycles. The second-order valence-corrected chi connectivity index (χ2v) is 7.03. The zero-order valence-corrected chi connectivity index (χ0v) is 15.8. The Hall–Kier alpha value is -2.97. The number of nitrogens with zero attached hydrogens (tertiary/aromatic N) is 4. The van der Waals surface area contributed by atoms with Gasteiger partial charge in [-0.2, -0.15) is 5.11 Å². The third-order valence-corrected chi connectivity index (χ3v) is 5.12. The lowest BCUT2D eigenvalue weighted by Gasteiger charge is -2.20. The standard InChI is InChI=1S/C18H13Cl2N5O3/c19-12-7-6-10(8-13(12)20)21-14(26)9-24-16-15(22-23-24)17(27)25(18(16)28)11-4-2-1-3-5-11/h1-8,15-16H,9H2,(H,21,26)/t15-,16-/m0/s1. The van der Waals surface area contributed by atoms with Gasteiger partial charge in [-0.25, -0.2) is 4.90 Å². The van der Waals surface area contributed by atoms with E-state index < -0.39 is 29.8 Å². The van der Waals surface area contributed by atoms with Crippen LogP contribution in [0.2, 0.25) is 10.0 Å². The van der Waals surface area contributed by atoms with Crippen LogP contribution in [-0.4, -0.2) is 41.4 Å². The van der Waals surface area contributed by atoms with Gasteiger partial charge in [0, 0.05) is 5.69 Å². The molecule has 0 spiro atoms. The van der Waals surface area contributed by atoms with Gasteiger partial charge in [-0.1, -0.05) is 46.6 Å². The summed E-state index contributed by atoms with van der Waals surface area (Å²) >= 11 is 11.8. The number of fused-ring (bicyclic) bond motifs is 1. The average molecular weight is 418 g/mol. The molecule has 1 N–H and O–H groups in total. The fourth-order valence-electron chi connectivity index (χ4n) is 3.11. The van der Waals surface area contributed by atoms with Gasteiger partial charge in [-0.15, -0.1) is 0 Å². The van der Waals surface area contributed by atoms with Crippen LogP contribution in [0.3, 0.4) is 0 Å². The maximum absolute atomic E-state index is 12.8. The third kappa shape index (κ3) is 3.21. The second kappa shape index (κ2) is 7.21. The molecular formula is C18H13Cl2N5O3. The summed E-state index contributed by atoms with van der Waals surface area (Å²) in [5.41, 5.74) is 0.911. The molecule has 1 fully saturated rings. The topological polar surface area (TPSA) is 94.4 Å². The van der Waals surface area contributed by atoms with Crippen LogP contribution >= 0.6 is 23.2 Å². The quantitative estimate of drug-likeness (QED) is 0.773. The molecule has 8 nitrogen and oxygen atoms in total. The SMILES string of the molecule is O=C(CN1N=N[C@@H]2C(=O)N(c3ccccc3)C(=O)[C@H]21)Nc1ccc(Cl)c(Cl)c1. The van der Waals surface area contributed by atoms with Crippen LogP contribution in [-0.2, 0) is 14.4 Å². The Balaban J connectivity index is 1.47. The molecule has 2 heterocycles. The van der Waals surface area contributed by atoms with Gasteiger partial charge in [0.05, 0.1) is 15.7 Å². The van der Waals surface area contributed by atoms with Crippen LogP contribution in [0.1, 0.15) is 0 Å². The Morgan fingerprint density at radius 2 is 1.79 bits per heavy atom. The summed E-state index contributed by atoms with van der Waals surface area (Å²) in [5, 5.41) is 12.3. The molecule has 28 heavy (non-hydrogen) atoms. The van der Waals surface area contributed by atoms with Crippen LogP contribution in [0.4, 0.5) is 11.4 Å². The Morgan fingerprint density at radius 1 is 1.04 bits per heavy atom. The molecule has 2 aliphatic rings. The Morgan fingerprint density at radius 3 is 2.50 bits per heavy atom. The van der Waals surface area contributed by atoms with Crippen LogP contribution < -0.4 is 10.2 Å². The van der Waals surface area contributed by atoms with Crippen molar-refractivity contribution in [1.29, 1.82) is 0 Å². The van der Waals surface area contributed by atoms with E-state index in [1.165, 1.54) is 11.1 Å². The summed E-state index contributed by atoms with van der Waals surface area (Å²) in [6.45, 7) is -0.243. The summed E-state index contributed by atoms with van der Waals surface area (Å²) in [4.78, 5) is 38.8. The normalized spacial score (nSPS) is 20.6. The molecule has 0 unspecified atom stereocenters. The van der Waals surface area contributed by atoms with E-state index >= 15 is 0 Å². The number of para-hydroxylation sites is 1. The maximum Gasteiger partial charge on any atom is 0.263 e. The number of amides is 3. The highest BCUT2D eigenvalue weighted by atomic mass is 35.5. The minimum atomic E-state index is -0.953. The zero-order valence-electron chi connectivity index (χ0n) is 14.3. The van der Waals surface area contributed by atoms with E-state index in [0.29, 0.717) is 21.4 Å². The summed E-state index contributed by atoms with van der Waals surface area (Å²) < 4.78 is 0. The highest BCUT2D eigenvalue weighted by molar-refractivity contribution is 6.42. The van der Waals surface area contributed by atoms with Crippen LogP contribution in [0.5, 0.6) is 0 Å². The number of carbonyl (C=O) groups is 3. The van der Waals surface area contributed by atoms with Crippen molar-refractivity contribution in [2.75, 3.05) is 16.8 Å². The lowest BCUT2D eigenvalue weighted by molar-refractivity contribution is -0.123. The van der Waals surface area contributed by atoms with Gasteiger partial charge >= 0.3 is 0 Å². The van der Waals surface area contributed by atoms with E-state index in [1.54, 1.807) is 42.5 Å². The van der Waals surface area contributed by atoms with Crippen molar-refractivity contribution in [3.8, 4) is 0 Å². The zero-order chi connectivity index (χ0) is 19.8. The van der Waals surface area contributed by atoms with Gasteiger partial charge in [0.15, 0.2) is 12.1 Å². The molecule has 10 heteroatoms. The number of rotatable bonds is 4. The van der Waals surface area contributed by atoms with Crippen molar-refractivity contribution in [3.05, 3.63) is 58.6 Å². The van der Waals surface area contributed by atoms with Crippen molar-refractivity contribution in [2.24, 2.45) is 10.3 Å². The van der Waals surface area contributed by atoms with E-state index in [9.17, 15) is 14.4 Å². The average Bonchev–Trinajstić information content (AvgIpc) is 3.19. The minimum absolute atomic E-state index is 0.243. The summed E-state index contributed by atoms with van der Waals surface area (Å²) in [6, 6.07) is 11.3. The molecule has 4 rings (SSSR count). The number of benzene rings is 2. The van der Waals surface area contributed by atoms with Gasteiger partial charge in [0.25, 0.3) is 11.8 Å². The number of imide groups is 1. The van der Waals surface area contributed by atoms with E-state index in [2.05, 4.69) is 15.7 Å². The number of hydrogen-bond donors (Lipinski definition) is 1. The Kier molecular flexibility index (Phi) is 4.74. The monoisotopic (exact) mass is 417 g/mol. The summed E-state index contributed by atoms with van der Waals surface area (Å²) in [7, 11) is 0. The molecule has 0 saturated carbocycles. The van der Waals surface area contributed by atoms with Crippen molar-refractivity contribution in [3.63, 3.8) is 0 Å². The number of halogens is 2. The van der Waals surface area contributed by atoms with E-state index in [-0.39, 0.29) is 6.54 Å². The molecule has 0 bridgehead atoms. The second-order valence-electron chi connectivity index (χ2n) is 6.22. The van der Waals surface area contributed by atoms with E-state index in [0.717, 1.165) is 4.90 Å². The van der Waals surface area contributed by atoms with Gasteiger partial charge in [0.1, 0.15) is 6.54 Å². The molecule has 2 aromatic carbocycles. The van der Waals surface area contributed by atoms with E-state index in [1.807, 2.05) is 0 Å². The summed E-state index contributed by atoms with van der Waals surface area (Å²) in [6.07, 6.45) is 0. The maximum atomic E-state index is 12.8. The molecule has 2 aromatic rings. The molecule has 2 atom stereocenters. The molecule has 0 radical (unpaired) electrons. The van der Waals surface area contributed by atoms with E-state index in [4.69, 9.17) is 23.2 Å².